The van der Waals surface area contributed by atoms with Crippen LogP contribution in [-0.2, 0) is 37.1 Å². The second-order valence-electron chi connectivity index (χ2n) is 5.58. The summed E-state index contributed by atoms with van der Waals surface area (Å²) in [6.45, 7) is 13.5. The van der Waals surface area contributed by atoms with E-state index in [1.54, 1.807) is 11.3 Å². The van der Waals surface area contributed by atoms with Gasteiger partial charge in [0.25, 0.3) is 0 Å². The molecule has 1 unspecified atom stereocenters. The molecular formula is C12H20BrOSSiY-. The van der Waals surface area contributed by atoms with Crippen LogP contribution in [0.3, 0.4) is 0 Å². The maximum Gasteiger partial charge on any atom is 0.192 e. The first-order valence-electron chi connectivity index (χ1n) is 5.48. The summed E-state index contributed by atoms with van der Waals surface area (Å²) < 4.78 is 7.42. The third-order valence-electron chi connectivity index (χ3n) is 3.18. The molecule has 0 spiro atoms. The van der Waals surface area contributed by atoms with Crippen LogP contribution < -0.4 is 0 Å². The monoisotopic (exact) mass is 408 g/mol. The van der Waals surface area contributed by atoms with E-state index in [1.165, 1.54) is 4.88 Å². The summed E-state index contributed by atoms with van der Waals surface area (Å²) in [7, 11) is -1.67. The van der Waals surface area contributed by atoms with Crippen LogP contribution in [0.25, 0.3) is 0 Å². The van der Waals surface area contributed by atoms with Gasteiger partial charge in [-0.25, -0.2) is 12.1 Å². The number of halogens is 1. The molecule has 0 fully saturated rings. The van der Waals surface area contributed by atoms with Crippen LogP contribution in [0.4, 0.5) is 0 Å². The predicted octanol–water partition coefficient (Wildman–Crippen LogP) is 5.39. The number of hydrogen-bond acceptors (Lipinski definition) is 2. The Morgan fingerprint density at radius 3 is 2.29 bits per heavy atom. The first kappa shape index (κ1) is 18.5. The molecule has 0 N–H and O–H groups in total. The number of rotatable bonds is 3. The molecule has 1 aromatic rings. The van der Waals surface area contributed by atoms with Gasteiger partial charge in [0.2, 0.25) is 0 Å². The molecule has 0 amide bonds. The van der Waals surface area contributed by atoms with Crippen molar-refractivity contribution < 1.29 is 37.1 Å². The summed E-state index contributed by atoms with van der Waals surface area (Å²) in [6.07, 6.45) is 0.150. The molecule has 0 aliphatic rings. The van der Waals surface area contributed by atoms with E-state index in [1.807, 2.05) is 6.07 Å². The van der Waals surface area contributed by atoms with Crippen LogP contribution in [0.15, 0.2) is 9.85 Å². The van der Waals surface area contributed by atoms with E-state index in [4.69, 9.17) is 4.43 Å². The van der Waals surface area contributed by atoms with Crippen molar-refractivity contribution in [2.75, 3.05) is 0 Å². The van der Waals surface area contributed by atoms with Crippen molar-refractivity contribution in [1.82, 2.24) is 0 Å². The first-order valence-corrected chi connectivity index (χ1v) is 10.00. The van der Waals surface area contributed by atoms with Crippen molar-refractivity contribution in [1.29, 1.82) is 0 Å². The van der Waals surface area contributed by atoms with E-state index < -0.39 is 8.32 Å². The largest absolute Gasteiger partial charge is 0.411 e. The fourth-order valence-electron chi connectivity index (χ4n) is 1.16. The molecule has 1 heterocycles. The molecule has 0 saturated heterocycles. The van der Waals surface area contributed by atoms with Crippen LogP contribution in [0.1, 0.15) is 38.7 Å². The summed E-state index contributed by atoms with van der Waals surface area (Å²) >= 11 is 5.17. The van der Waals surface area contributed by atoms with Crippen LogP contribution in [0, 0.1) is 6.07 Å². The topological polar surface area (TPSA) is 9.23 Å². The third-order valence-corrected chi connectivity index (χ3v) is 9.43. The summed E-state index contributed by atoms with van der Waals surface area (Å²) in [5, 5.41) is 0.260. The Hall–Kier alpha value is 1.46. The number of thiophene rings is 1. The van der Waals surface area contributed by atoms with Gasteiger partial charge in [0.05, 0.1) is 6.10 Å². The number of hydrogen-bond donors (Lipinski definition) is 0. The van der Waals surface area contributed by atoms with Crippen molar-refractivity contribution in [2.24, 2.45) is 0 Å². The molecule has 1 radical (unpaired) electrons. The van der Waals surface area contributed by atoms with E-state index in [2.05, 4.69) is 62.8 Å². The van der Waals surface area contributed by atoms with Gasteiger partial charge in [-0.15, -0.1) is 0 Å². The molecule has 1 atom stereocenters. The Balaban J connectivity index is 0.00000256. The average molecular weight is 409 g/mol. The summed E-state index contributed by atoms with van der Waals surface area (Å²) in [6, 6.07) is 5.21. The maximum absolute atomic E-state index is 6.30. The zero-order chi connectivity index (χ0) is 12.6. The molecule has 1 nitrogen and oxygen atoms in total. The molecule has 0 aliphatic heterocycles. The van der Waals surface area contributed by atoms with Gasteiger partial charge in [0, 0.05) is 32.7 Å². The molecule has 95 valence electrons. The fraction of sp³-hybridized carbons (Fsp3) is 0.667. The molecule has 0 aromatic carbocycles. The molecule has 17 heavy (non-hydrogen) atoms. The van der Waals surface area contributed by atoms with Gasteiger partial charge in [0.1, 0.15) is 0 Å². The predicted molar refractivity (Wildman–Crippen MR) is 77.6 cm³/mol. The summed E-state index contributed by atoms with van der Waals surface area (Å²) in [5.41, 5.74) is 0. The van der Waals surface area contributed by atoms with Crippen molar-refractivity contribution in [3.63, 3.8) is 0 Å². The second-order valence-corrected chi connectivity index (χ2v) is 12.8. The van der Waals surface area contributed by atoms with Gasteiger partial charge in [-0.2, -0.15) is 15.9 Å². The summed E-state index contributed by atoms with van der Waals surface area (Å²) in [4.78, 5) is 1.18. The Labute approximate surface area is 144 Å². The molecule has 1 rings (SSSR count). The van der Waals surface area contributed by atoms with Gasteiger partial charge < -0.3 is 4.43 Å². The fourth-order valence-corrected chi connectivity index (χ4v) is 3.90. The molecule has 0 saturated carbocycles. The van der Waals surface area contributed by atoms with Gasteiger partial charge in [-0.05, 0) is 25.1 Å². The smallest absolute Gasteiger partial charge is 0.192 e. The Morgan fingerprint density at radius 1 is 1.41 bits per heavy atom. The van der Waals surface area contributed by atoms with Gasteiger partial charge in [-0.1, -0.05) is 29.4 Å². The van der Waals surface area contributed by atoms with Crippen LogP contribution in [0.5, 0.6) is 0 Å². The van der Waals surface area contributed by atoms with Crippen molar-refractivity contribution in [2.45, 2.75) is 51.9 Å². The normalized spacial score (nSPS) is 14.3. The van der Waals surface area contributed by atoms with Crippen LogP contribution >= 0.6 is 27.3 Å². The Kier molecular flexibility index (Phi) is 7.34. The van der Waals surface area contributed by atoms with Gasteiger partial charge >= 0.3 is 0 Å². The first-order chi connectivity index (χ1) is 7.13. The SMILES string of the molecule is CC(O[Si](C)(C)C(C)(C)C)c1[c-]cc(Br)s1.[Y]. The van der Waals surface area contributed by atoms with E-state index >= 15 is 0 Å². The van der Waals surface area contributed by atoms with Crippen molar-refractivity contribution >= 4 is 35.6 Å². The van der Waals surface area contributed by atoms with E-state index in [-0.39, 0.29) is 43.9 Å². The summed E-state index contributed by atoms with van der Waals surface area (Å²) in [5.74, 6) is 0. The molecule has 1 aromatic heterocycles. The zero-order valence-corrected chi connectivity index (χ0v) is 17.7. The molecule has 0 aliphatic carbocycles. The minimum Gasteiger partial charge on any atom is -0.411 e. The van der Waals surface area contributed by atoms with Crippen molar-refractivity contribution in [3.8, 4) is 0 Å². The molecular weight excluding hydrogens is 389 g/mol. The van der Waals surface area contributed by atoms with Crippen LogP contribution in [-0.4, -0.2) is 8.32 Å². The van der Waals surface area contributed by atoms with Crippen LogP contribution in [0.2, 0.25) is 18.1 Å². The average Bonchev–Trinajstić information content (AvgIpc) is 2.48. The Morgan fingerprint density at radius 2 is 1.94 bits per heavy atom. The van der Waals surface area contributed by atoms with E-state index in [9.17, 15) is 0 Å². The minimum absolute atomic E-state index is 0. The molecule has 0 bridgehead atoms. The standard InChI is InChI=1S/C12H20BrOSSi.Y/c1-9(10-7-8-11(13)15-10)14-16(5,6)12(2,3)4;/h8-9H,1-6H3;/q-1;. The van der Waals surface area contributed by atoms with E-state index in [0.29, 0.717) is 0 Å². The van der Waals surface area contributed by atoms with E-state index in [0.717, 1.165) is 3.79 Å². The second kappa shape index (κ2) is 6.76. The minimum atomic E-state index is -1.67. The quantitative estimate of drug-likeness (QED) is 0.481. The van der Waals surface area contributed by atoms with Crippen molar-refractivity contribution in [3.05, 3.63) is 20.8 Å². The maximum atomic E-state index is 6.30. The van der Waals surface area contributed by atoms with Gasteiger partial charge in [0.15, 0.2) is 8.32 Å². The van der Waals surface area contributed by atoms with Gasteiger partial charge in [-0.3, -0.25) is 11.3 Å². The third kappa shape index (κ3) is 5.15. The Bertz CT molecular complexity index is 360. The zero-order valence-electron chi connectivity index (χ0n) is 11.4. The molecule has 5 heteroatoms.